The minimum Gasteiger partial charge on any atom is -0.387 e. The van der Waals surface area contributed by atoms with Gasteiger partial charge in [-0.15, -0.1) is 0 Å². The van der Waals surface area contributed by atoms with Gasteiger partial charge in [0.25, 0.3) is 5.91 Å². The van der Waals surface area contributed by atoms with E-state index in [1.807, 2.05) is 37.3 Å². The fourth-order valence-corrected chi connectivity index (χ4v) is 2.88. The smallest absolute Gasteiger partial charge is 0.251 e. The summed E-state index contributed by atoms with van der Waals surface area (Å²) in [5.41, 5.74) is 3.25. The van der Waals surface area contributed by atoms with E-state index >= 15 is 0 Å². The van der Waals surface area contributed by atoms with Gasteiger partial charge >= 0.3 is 0 Å². The first-order chi connectivity index (χ1) is 11.0. The molecule has 0 saturated heterocycles. The number of carbonyl (C=O) groups is 1. The van der Waals surface area contributed by atoms with E-state index in [9.17, 15) is 14.1 Å². The van der Waals surface area contributed by atoms with Gasteiger partial charge in [0, 0.05) is 34.9 Å². The van der Waals surface area contributed by atoms with E-state index in [4.69, 9.17) is 0 Å². The maximum Gasteiger partial charge on any atom is 0.251 e. The van der Waals surface area contributed by atoms with Crippen LogP contribution >= 0.6 is 0 Å². The van der Waals surface area contributed by atoms with Crippen LogP contribution in [0.2, 0.25) is 0 Å². The van der Waals surface area contributed by atoms with Crippen molar-refractivity contribution in [3.05, 3.63) is 70.8 Å². The molecule has 23 heavy (non-hydrogen) atoms. The van der Waals surface area contributed by atoms with Crippen LogP contribution in [0.15, 0.2) is 48.5 Å². The van der Waals surface area contributed by atoms with Crippen molar-refractivity contribution < 1.29 is 14.1 Å². The van der Waals surface area contributed by atoms with E-state index in [1.54, 1.807) is 24.5 Å². The van der Waals surface area contributed by atoms with Gasteiger partial charge in [-0.3, -0.25) is 9.00 Å². The van der Waals surface area contributed by atoms with Crippen LogP contribution in [0.4, 0.5) is 0 Å². The summed E-state index contributed by atoms with van der Waals surface area (Å²) in [6.07, 6.45) is 0.885. The highest BCUT2D eigenvalue weighted by Gasteiger charge is 2.11. The third kappa shape index (κ3) is 5.30. The molecule has 0 spiro atoms. The molecular weight excluding hydrogens is 310 g/mol. The number of benzene rings is 2. The van der Waals surface area contributed by atoms with E-state index in [0.29, 0.717) is 11.3 Å². The van der Waals surface area contributed by atoms with Gasteiger partial charge < -0.3 is 10.4 Å². The first-order valence-electron chi connectivity index (χ1n) is 7.37. The topological polar surface area (TPSA) is 66.4 Å². The molecule has 2 aromatic carbocycles. The van der Waals surface area contributed by atoms with Crippen LogP contribution in [0.3, 0.4) is 0 Å². The first kappa shape index (κ1) is 17.4. The lowest BCUT2D eigenvalue weighted by atomic mass is 10.1. The number of hydrogen-bond donors (Lipinski definition) is 2. The molecule has 0 aromatic heterocycles. The molecule has 5 heteroatoms. The second kappa shape index (κ2) is 8.04. The summed E-state index contributed by atoms with van der Waals surface area (Å²) in [7, 11) is -0.948. The Labute approximate surface area is 139 Å². The number of rotatable bonds is 6. The minimum absolute atomic E-state index is 0.145. The Bertz CT molecular complexity index is 698. The second-order valence-electron chi connectivity index (χ2n) is 5.55. The van der Waals surface area contributed by atoms with Crippen LogP contribution in [-0.4, -0.2) is 28.0 Å². The van der Waals surface area contributed by atoms with E-state index in [1.165, 1.54) is 0 Å². The fourth-order valence-electron chi connectivity index (χ4n) is 2.23. The Balaban J connectivity index is 1.96. The van der Waals surface area contributed by atoms with Crippen LogP contribution in [-0.2, 0) is 16.6 Å². The Morgan fingerprint density at radius 3 is 2.57 bits per heavy atom. The van der Waals surface area contributed by atoms with Gasteiger partial charge in [0.2, 0.25) is 0 Å². The lowest BCUT2D eigenvalue weighted by Gasteiger charge is -2.13. The molecule has 2 N–H and O–H groups in total. The third-order valence-electron chi connectivity index (χ3n) is 3.48. The van der Waals surface area contributed by atoms with E-state index in [0.717, 1.165) is 16.7 Å². The summed E-state index contributed by atoms with van der Waals surface area (Å²) in [6, 6.07) is 14.6. The molecule has 2 unspecified atom stereocenters. The molecule has 0 radical (unpaired) electrons. The summed E-state index contributed by atoms with van der Waals surface area (Å²) >= 11 is 0. The monoisotopic (exact) mass is 331 g/mol. The van der Waals surface area contributed by atoms with Crippen molar-refractivity contribution in [2.45, 2.75) is 18.8 Å². The van der Waals surface area contributed by atoms with Gasteiger partial charge in [-0.2, -0.15) is 0 Å². The SMILES string of the molecule is Cc1ccc(C(O)CNC(=O)c2cccc(CS(C)=O)c2)cc1. The molecule has 122 valence electrons. The Kier molecular flexibility index (Phi) is 6.07. The molecule has 2 aromatic rings. The van der Waals surface area contributed by atoms with Gasteiger partial charge in [0.05, 0.1) is 6.10 Å². The van der Waals surface area contributed by atoms with Crippen molar-refractivity contribution in [1.29, 1.82) is 0 Å². The Morgan fingerprint density at radius 2 is 1.91 bits per heavy atom. The molecule has 0 saturated carbocycles. The standard InChI is InChI=1S/C18H21NO3S/c1-13-6-8-15(9-7-13)17(20)11-19-18(21)16-5-3-4-14(10-16)12-23(2)22/h3-10,17,20H,11-12H2,1-2H3,(H,19,21). The fraction of sp³-hybridized carbons (Fsp3) is 0.278. The van der Waals surface area contributed by atoms with Crippen LogP contribution in [0, 0.1) is 6.92 Å². The van der Waals surface area contributed by atoms with Gasteiger partial charge in [-0.25, -0.2) is 0 Å². The average molecular weight is 331 g/mol. The highest BCUT2D eigenvalue weighted by Crippen LogP contribution is 2.13. The molecule has 0 aliphatic rings. The molecule has 1 amide bonds. The molecular formula is C18H21NO3S. The average Bonchev–Trinajstić information content (AvgIpc) is 2.52. The number of aryl methyl sites for hydroxylation is 1. The van der Waals surface area contributed by atoms with Crippen molar-refractivity contribution in [2.75, 3.05) is 12.8 Å². The highest BCUT2D eigenvalue weighted by atomic mass is 32.2. The minimum atomic E-state index is -0.948. The number of nitrogens with one attached hydrogen (secondary N) is 1. The lowest BCUT2D eigenvalue weighted by Crippen LogP contribution is -2.28. The summed E-state index contributed by atoms with van der Waals surface area (Å²) in [4.78, 5) is 12.2. The van der Waals surface area contributed by atoms with Gasteiger partial charge in [-0.1, -0.05) is 42.0 Å². The summed E-state index contributed by atoms with van der Waals surface area (Å²) < 4.78 is 11.3. The number of hydrogen-bond acceptors (Lipinski definition) is 3. The normalized spacial score (nSPS) is 13.3. The number of amides is 1. The Hall–Kier alpha value is -1.98. The van der Waals surface area contributed by atoms with E-state index in [2.05, 4.69) is 5.32 Å². The maximum absolute atomic E-state index is 12.2. The van der Waals surface area contributed by atoms with Gasteiger partial charge in [0.1, 0.15) is 0 Å². The summed E-state index contributed by atoms with van der Waals surface area (Å²) in [5.74, 6) is 0.174. The van der Waals surface area contributed by atoms with Gasteiger partial charge in [-0.05, 0) is 30.2 Å². The van der Waals surface area contributed by atoms with Crippen molar-refractivity contribution >= 4 is 16.7 Å². The molecule has 0 fully saturated rings. The van der Waals surface area contributed by atoms with Gasteiger partial charge in [0.15, 0.2) is 0 Å². The van der Waals surface area contributed by atoms with Crippen molar-refractivity contribution in [3.8, 4) is 0 Å². The quantitative estimate of drug-likeness (QED) is 0.854. The molecule has 0 aliphatic heterocycles. The third-order valence-corrected chi connectivity index (χ3v) is 4.22. The Morgan fingerprint density at radius 1 is 1.22 bits per heavy atom. The molecule has 0 aliphatic carbocycles. The van der Waals surface area contributed by atoms with Crippen LogP contribution in [0.5, 0.6) is 0 Å². The molecule has 0 heterocycles. The highest BCUT2D eigenvalue weighted by molar-refractivity contribution is 7.83. The second-order valence-corrected chi connectivity index (χ2v) is 6.99. The predicted molar refractivity (Wildman–Crippen MR) is 92.7 cm³/mol. The largest absolute Gasteiger partial charge is 0.387 e. The van der Waals surface area contributed by atoms with E-state index < -0.39 is 16.9 Å². The number of aliphatic hydroxyl groups excluding tert-OH is 1. The predicted octanol–water partition coefficient (Wildman–Crippen LogP) is 2.34. The van der Waals surface area contributed by atoms with Crippen molar-refractivity contribution in [3.63, 3.8) is 0 Å². The van der Waals surface area contributed by atoms with Crippen molar-refractivity contribution in [1.82, 2.24) is 5.32 Å². The van der Waals surface area contributed by atoms with Crippen LogP contribution in [0.1, 0.15) is 33.2 Å². The van der Waals surface area contributed by atoms with Crippen molar-refractivity contribution in [2.24, 2.45) is 0 Å². The maximum atomic E-state index is 12.2. The van der Waals surface area contributed by atoms with Crippen LogP contribution in [0.25, 0.3) is 0 Å². The molecule has 4 nitrogen and oxygen atoms in total. The zero-order chi connectivity index (χ0) is 16.8. The first-order valence-corrected chi connectivity index (χ1v) is 9.10. The molecule has 2 atom stereocenters. The van der Waals surface area contributed by atoms with E-state index in [-0.39, 0.29) is 12.5 Å². The summed E-state index contributed by atoms with van der Waals surface area (Å²) in [6.45, 7) is 2.13. The molecule has 2 rings (SSSR count). The zero-order valence-corrected chi connectivity index (χ0v) is 14.1. The zero-order valence-electron chi connectivity index (χ0n) is 13.3. The molecule has 0 bridgehead atoms. The lowest BCUT2D eigenvalue weighted by molar-refractivity contribution is 0.0916. The number of aliphatic hydroxyl groups is 1. The number of carbonyl (C=O) groups excluding carboxylic acids is 1. The summed E-state index contributed by atoms with van der Waals surface area (Å²) in [5, 5.41) is 12.9. The van der Waals surface area contributed by atoms with Crippen LogP contribution < -0.4 is 5.32 Å².